The minimum Gasteiger partial charge on any atom is -0.480 e. The molecule has 1 fully saturated rings. The van der Waals surface area contributed by atoms with E-state index in [1.54, 1.807) is 11.6 Å². The summed E-state index contributed by atoms with van der Waals surface area (Å²) in [6, 6.07) is 2.97. The summed E-state index contributed by atoms with van der Waals surface area (Å²) in [4.78, 5) is 34.3. The van der Waals surface area contributed by atoms with Crippen molar-refractivity contribution in [3.05, 3.63) is 63.5 Å². The van der Waals surface area contributed by atoms with Crippen LogP contribution in [0.3, 0.4) is 0 Å². The minimum absolute atomic E-state index is 0.0174. The van der Waals surface area contributed by atoms with Gasteiger partial charge in [-0.3, -0.25) is 14.7 Å². The Morgan fingerprint density at radius 3 is 2.67 bits per heavy atom. The van der Waals surface area contributed by atoms with Crippen LogP contribution in [0.2, 0.25) is 0 Å². The molecule has 1 saturated heterocycles. The number of hydrogen-bond acceptors (Lipinski definition) is 8. The van der Waals surface area contributed by atoms with E-state index in [0.717, 1.165) is 4.90 Å². The molecule has 0 radical (unpaired) electrons. The third-order valence-corrected chi connectivity index (χ3v) is 6.15. The minimum atomic E-state index is -3.19. The Bertz CT molecular complexity index is 1120. The van der Waals surface area contributed by atoms with Crippen LogP contribution < -0.4 is 5.32 Å². The molecular weight excluding hydrogens is 461 g/mol. The maximum atomic E-state index is 14.1. The molecule has 0 bridgehead atoms. The van der Waals surface area contributed by atoms with Gasteiger partial charge in [-0.1, -0.05) is 12.1 Å². The SMILES string of the molecule is COC(=O)C1=C(CN2CC(F)(F)C[C@H]2C(=O)O)NC(c2nccs2)=NC1c1ccc(F)cc1. The molecule has 33 heavy (non-hydrogen) atoms. The number of aliphatic carboxylic acids is 1. The zero-order chi connectivity index (χ0) is 23.8. The number of amidine groups is 1. The highest BCUT2D eigenvalue weighted by molar-refractivity contribution is 7.11. The van der Waals surface area contributed by atoms with Gasteiger partial charge in [-0.15, -0.1) is 11.3 Å². The highest BCUT2D eigenvalue weighted by Gasteiger charge is 2.49. The fourth-order valence-electron chi connectivity index (χ4n) is 3.90. The van der Waals surface area contributed by atoms with Crippen LogP contribution in [0.4, 0.5) is 13.2 Å². The molecule has 8 nitrogen and oxygen atoms in total. The van der Waals surface area contributed by atoms with Crippen molar-refractivity contribution < 1.29 is 32.6 Å². The summed E-state index contributed by atoms with van der Waals surface area (Å²) in [7, 11) is 1.17. The number of esters is 1. The molecule has 2 atom stereocenters. The van der Waals surface area contributed by atoms with Gasteiger partial charge in [-0.2, -0.15) is 0 Å². The zero-order valence-corrected chi connectivity index (χ0v) is 18.1. The molecular formula is C21H19F3N4O4S. The molecule has 1 unspecified atom stereocenters. The van der Waals surface area contributed by atoms with Gasteiger partial charge >= 0.3 is 11.9 Å². The van der Waals surface area contributed by atoms with Crippen LogP contribution in [0.5, 0.6) is 0 Å². The Labute approximate surface area is 190 Å². The number of carboxylic acids is 1. The van der Waals surface area contributed by atoms with Gasteiger partial charge in [0.15, 0.2) is 10.8 Å². The Kier molecular flexibility index (Phi) is 6.21. The Hall–Kier alpha value is -3.25. The molecule has 2 aromatic rings. The summed E-state index contributed by atoms with van der Waals surface area (Å²) >= 11 is 1.26. The number of alkyl halides is 2. The first-order valence-corrected chi connectivity index (χ1v) is 10.7. The number of aliphatic imine (C=N–C) groups is 1. The Morgan fingerprint density at radius 2 is 2.06 bits per heavy atom. The second kappa shape index (κ2) is 8.94. The molecule has 4 rings (SSSR count). The molecule has 2 N–H and O–H groups in total. The molecule has 0 aliphatic carbocycles. The van der Waals surface area contributed by atoms with Gasteiger partial charge in [0, 0.05) is 30.2 Å². The first kappa shape index (κ1) is 22.9. The third kappa shape index (κ3) is 4.76. The summed E-state index contributed by atoms with van der Waals surface area (Å²) in [5.74, 6) is -5.55. The quantitative estimate of drug-likeness (QED) is 0.613. The van der Waals surface area contributed by atoms with Crippen LogP contribution in [-0.4, -0.2) is 64.9 Å². The average Bonchev–Trinajstić information content (AvgIpc) is 3.41. The number of ether oxygens (including phenoxy) is 1. The van der Waals surface area contributed by atoms with Crippen LogP contribution in [-0.2, 0) is 14.3 Å². The molecule has 12 heteroatoms. The van der Waals surface area contributed by atoms with E-state index in [4.69, 9.17) is 4.74 Å². The second-order valence-corrected chi connectivity index (χ2v) is 8.49. The predicted octanol–water partition coefficient (Wildman–Crippen LogP) is 2.59. The van der Waals surface area contributed by atoms with E-state index >= 15 is 0 Å². The van der Waals surface area contributed by atoms with Gasteiger partial charge in [-0.05, 0) is 17.7 Å². The number of nitrogens with one attached hydrogen (secondary N) is 1. The van der Waals surface area contributed by atoms with E-state index in [-0.39, 0.29) is 23.7 Å². The van der Waals surface area contributed by atoms with Crippen molar-refractivity contribution in [2.45, 2.75) is 24.4 Å². The summed E-state index contributed by atoms with van der Waals surface area (Å²) in [5, 5.41) is 14.6. The predicted molar refractivity (Wildman–Crippen MR) is 113 cm³/mol. The number of carbonyl (C=O) groups is 2. The molecule has 3 heterocycles. The van der Waals surface area contributed by atoms with Crippen molar-refractivity contribution >= 4 is 29.1 Å². The van der Waals surface area contributed by atoms with Crippen molar-refractivity contribution in [1.29, 1.82) is 0 Å². The molecule has 2 aliphatic rings. The number of likely N-dealkylation sites (tertiary alicyclic amines) is 1. The molecule has 174 valence electrons. The van der Waals surface area contributed by atoms with Crippen LogP contribution in [0.25, 0.3) is 0 Å². The number of thiazole rings is 1. The maximum absolute atomic E-state index is 14.1. The smallest absolute Gasteiger partial charge is 0.338 e. The van der Waals surface area contributed by atoms with E-state index in [1.807, 2.05) is 0 Å². The summed E-state index contributed by atoms with van der Waals surface area (Å²) < 4.78 is 46.6. The van der Waals surface area contributed by atoms with E-state index in [0.29, 0.717) is 10.6 Å². The van der Waals surface area contributed by atoms with Crippen LogP contribution in [0.15, 0.2) is 52.1 Å². The first-order chi connectivity index (χ1) is 15.7. The number of halogens is 3. The van der Waals surface area contributed by atoms with E-state index in [9.17, 15) is 27.9 Å². The van der Waals surface area contributed by atoms with Crippen molar-refractivity contribution in [3.8, 4) is 0 Å². The van der Waals surface area contributed by atoms with Crippen LogP contribution in [0.1, 0.15) is 23.0 Å². The third-order valence-electron chi connectivity index (χ3n) is 5.37. The Balaban J connectivity index is 1.80. The molecule has 2 aliphatic heterocycles. The van der Waals surface area contributed by atoms with Gasteiger partial charge < -0.3 is 15.2 Å². The number of nitrogens with zero attached hydrogens (tertiary/aromatic N) is 3. The average molecular weight is 480 g/mol. The molecule has 0 spiro atoms. The van der Waals surface area contributed by atoms with Gasteiger partial charge in [0.25, 0.3) is 5.92 Å². The number of methoxy groups -OCH3 is 1. The van der Waals surface area contributed by atoms with Gasteiger partial charge in [-0.25, -0.2) is 22.9 Å². The Morgan fingerprint density at radius 1 is 1.33 bits per heavy atom. The lowest BCUT2D eigenvalue weighted by Crippen LogP contribution is -2.43. The number of benzene rings is 1. The zero-order valence-electron chi connectivity index (χ0n) is 17.3. The summed E-state index contributed by atoms with van der Waals surface area (Å²) in [5.41, 5.74) is 0.649. The van der Waals surface area contributed by atoms with Crippen molar-refractivity contribution in [1.82, 2.24) is 15.2 Å². The highest BCUT2D eigenvalue weighted by atomic mass is 32.1. The first-order valence-electron chi connectivity index (χ1n) is 9.84. The normalized spacial score (nSPS) is 22.6. The molecule has 0 saturated carbocycles. The van der Waals surface area contributed by atoms with Gasteiger partial charge in [0.05, 0.1) is 19.2 Å². The van der Waals surface area contributed by atoms with Crippen molar-refractivity contribution in [3.63, 3.8) is 0 Å². The van der Waals surface area contributed by atoms with E-state index in [2.05, 4.69) is 15.3 Å². The number of hydrogen-bond donors (Lipinski definition) is 2. The van der Waals surface area contributed by atoms with Gasteiger partial charge in [0.1, 0.15) is 17.9 Å². The lowest BCUT2D eigenvalue weighted by atomic mass is 9.95. The second-order valence-electron chi connectivity index (χ2n) is 7.60. The number of carbonyl (C=O) groups excluding carboxylic acids is 1. The van der Waals surface area contributed by atoms with Crippen molar-refractivity contribution in [2.24, 2.45) is 4.99 Å². The van der Waals surface area contributed by atoms with E-state index < -0.39 is 48.7 Å². The van der Waals surface area contributed by atoms with Crippen LogP contribution in [0, 0.1) is 5.82 Å². The fourth-order valence-corrected chi connectivity index (χ4v) is 4.49. The summed E-state index contributed by atoms with van der Waals surface area (Å²) in [6.45, 7) is -1.08. The highest BCUT2D eigenvalue weighted by Crippen LogP contribution is 2.36. The molecule has 1 aromatic heterocycles. The fraction of sp³-hybridized carbons (Fsp3) is 0.333. The van der Waals surface area contributed by atoms with E-state index in [1.165, 1.54) is 42.7 Å². The number of carboxylic acid groups (broad SMARTS) is 1. The molecule has 1 aromatic carbocycles. The molecule has 0 amide bonds. The maximum Gasteiger partial charge on any atom is 0.338 e. The van der Waals surface area contributed by atoms with Gasteiger partial charge in [0.2, 0.25) is 0 Å². The number of rotatable bonds is 6. The lowest BCUT2D eigenvalue weighted by molar-refractivity contribution is -0.142. The standard InChI is InChI=1S/C21H19F3N4O4S/c1-32-20(31)15-13(9-28-10-21(23,24)8-14(28)19(29)30)26-17(18-25-6-7-33-18)27-16(15)11-2-4-12(22)5-3-11/h2-7,14,16H,8-10H2,1H3,(H,26,27)(H,29,30)/t14-,16?/m0/s1. The van der Waals surface area contributed by atoms with Crippen LogP contribution >= 0.6 is 11.3 Å². The monoisotopic (exact) mass is 480 g/mol. The largest absolute Gasteiger partial charge is 0.480 e. The number of aromatic nitrogens is 1. The van der Waals surface area contributed by atoms with Crippen molar-refractivity contribution in [2.75, 3.05) is 20.2 Å². The topological polar surface area (TPSA) is 104 Å². The summed E-state index contributed by atoms with van der Waals surface area (Å²) in [6.07, 6.45) is 0.718. The lowest BCUT2D eigenvalue weighted by Gasteiger charge is -2.30.